The normalized spacial score (nSPS) is 10.6. The molecule has 7 nitrogen and oxygen atoms in total. The van der Waals surface area contributed by atoms with Crippen LogP contribution in [0, 0.1) is 6.92 Å². The van der Waals surface area contributed by atoms with Crippen LogP contribution in [0.1, 0.15) is 21.9 Å². The quantitative estimate of drug-likeness (QED) is 0.686. The summed E-state index contributed by atoms with van der Waals surface area (Å²) in [6, 6.07) is 9.85. The van der Waals surface area contributed by atoms with Crippen molar-refractivity contribution in [2.45, 2.75) is 13.5 Å². The Bertz CT molecular complexity index is 789. The number of ether oxygens (including phenoxy) is 1. The number of aromatic nitrogens is 4. The van der Waals surface area contributed by atoms with Crippen molar-refractivity contribution in [2.75, 3.05) is 7.11 Å². The molecule has 1 aromatic carbocycles. The van der Waals surface area contributed by atoms with Gasteiger partial charge in [-0.05, 0) is 6.92 Å². The van der Waals surface area contributed by atoms with Crippen molar-refractivity contribution in [3.63, 3.8) is 0 Å². The molecule has 0 saturated heterocycles. The van der Waals surface area contributed by atoms with Crippen molar-refractivity contribution in [1.29, 1.82) is 0 Å². The van der Waals surface area contributed by atoms with Crippen molar-refractivity contribution in [1.82, 2.24) is 19.9 Å². The van der Waals surface area contributed by atoms with Gasteiger partial charge in [0.25, 0.3) is 5.82 Å². The highest BCUT2D eigenvalue weighted by Gasteiger charge is 2.13. The number of esters is 1. The summed E-state index contributed by atoms with van der Waals surface area (Å²) in [7, 11) is 1.29. The highest BCUT2D eigenvalue weighted by molar-refractivity contribution is 5.84. The van der Waals surface area contributed by atoms with Crippen LogP contribution in [0.3, 0.4) is 0 Å². The van der Waals surface area contributed by atoms with Gasteiger partial charge in [0.2, 0.25) is 0 Å². The Labute approximate surface area is 126 Å². The third-order valence-electron chi connectivity index (χ3n) is 3.13. The fraction of sp³-hybridized carbons (Fsp3) is 0.200. The lowest BCUT2D eigenvalue weighted by Crippen LogP contribution is -2.06. The lowest BCUT2D eigenvalue weighted by Gasteiger charge is -1.95. The van der Waals surface area contributed by atoms with Crippen molar-refractivity contribution >= 4 is 5.97 Å². The fourth-order valence-electron chi connectivity index (χ4n) is 1.96. The van der Waals surface area contributed by atoms with Crippen LogP contribution in [0.4, 0.5) is 0 Å². The maximum absolute atomic E-state index is 11.3. The number of hydrogen-bond donors (Lipinski definition) is 0. The first-order valence-electron chi connectivity index (χ1n) is 6.66. The number of carbonyl (C=O) groups is 1. The Kier molecular flexibility index (Phi) is 3.69. The SMILES string of the molecule is COC(=O)c1ncn(Cc2cc(-c3ccc(C)cc3)no2)n1. The van der Waals surface area contributed by atoms with Crippen molar-refractivity contribution in [3.05, 3.63) is 53.8 Å². The Hall–Kier alpha value is -2.96. The maximum atomic E-state index is 11.3. The molecule has 0 amide bonds. The van der Waals surface area contributed by atoms with Crippen LogP contribution in [-0.2, 0) is 11.3 Å². The van der Waals surface area contributed by atoms with Gasteiger partial charge in [0.15, 0.2) is 5.76 Å². The van der Waals surface area contributed by atoms with E-state index >= 15 is 0 Å². The summed E-state index contributed by atoms with van der Waals surface area (Å²) in [6.45, 7) is 2.37. The Morgan fingerprint density at radius 2 is 2.09 bits per heavy atom. The van der Waals surface area contributed by atoms with E-state index in [2.05, 4.69) is 20.0 Å². The highest BCUT2D eigenvalue weighted by Crippen LogP contribution is 2.19. The van der Waals surface area contributed by atoms with Gasteiger partial charge in [-0.2, -0.15) is 0 Å². The van der Waals surface area contributed by atoms with E-state index in [0.717, 1.165) is 11.3 Å². The number of hydrogen-bond acceptors (Lipinski definition) is 6. The molecule has 0 aliphatic carbocycles. The van der Waals surface area contributed by atoms with E-state index in [-0.39, 0.29) is 5.82 Å². The van der Waals surface area contributed by atoms with Crippen LogP contribution in [0.25, 0.3) is 11.3 Å². The van der Waals surface area contributed by atoms with Gasteiger partial charge in [-0.3, -0.25) is 0 Å². The van der Waals surface area contributed by atoms with Crippen molar-refractivity contribution < 1.29 is 14.1 Å². The van der Waals surface area contributed by atoms with Gasteiger partial charge in [0.05, 0.1) is 7.11 Å². The monoisotopic (exact) mass is 298 g/mol. The molecule has 0 unspecified atom stereocenters. The molecule has 3 rings (SSSR count). The van der Waals surface area contributed by atoms with Crippen molar-refractivity contribution in [2.24, 2.45) is 0 Å². The molecule has 0 fully saturated rings. The zero-order valence-corrected chi connectivity index (χ0v) is 12.2. The summed E-state index contributed by atoms with van der Waals surface area (Å²) in [5.74, 6) is 0.0642. The average Bonchev–Trinajstić information content (AvgIpc) is 3.17. The van der Waals surface area contributed by atoms with E-state index in [1.54, 1.807) is 0 Å². The third kappa shape index (κ3) is 2.88. The summed E-state index contributed by atoms with van der Waals surface area (Å²) >= 11 is 0. The van der Waals surface area contributed by atoms with Gasteiger partial charge in [-0.15, -0.1) is 5.10 Å². The van der Waals surface area contributed by atoms with Gasteiger partial charge < -0.3 is 9.26 Å². The number of aryl methyl sites for hydroxylation is 1. The maximum Gasteiger partial charge on any atom is 0.377 e. The van der Waals surface area contributed by atoms with Crippen LogP contribution < -0.4 is 0 Å². The second-order valence-corrected chi connectivity index (χ2v) is 4.80. The Morgan fingerprint density at radius 3 is 2.82 bits per heavy atom. The van der Waals surface area contributed by atoms with Gasteiger partial charge in [-0.25, -0.2) is 14.5 Å². The summed E-state index contributed by atoms with van der Waals surface area (Å²) in [5.41, 5.74) is 2.92. The zero-order chi connectivity index (χ0) is 15.5. The molecule has 7 heteroatoms. The lowest BCUT2D eigenvalue weighted by atomic mass is 10.1. The van der Waals surface area contributed by atoms with E-state index in [9.17, 15) is 4.79 Å². The summed E-state index contributed by atoms with van der Waals surface area (Å²) < 4.78 is 11.3. The number of nitrogens with zero attached hydrogens (tertiary/aromatic N) is 4. The number of carbonyl (C=O) groups excluding carboxylic acids is 1. The van der Waals surface area contributed by atoms with Gasteiger partial charge in [0, 0.05) is 11.6 Å². The van der Waals surface area contributed by atoms with Crippen LogP contribution in [0.2, 0.25) is 0 Å². The van der Waals surface area contributed by atoms with Gasteiger partial charge in [-0.1, -0.05) is 35.0 Å². The molecular formula is C15H14N4O3. The van der Waals surface area contributed by atoms with E-state index in [1.807, 2.05) is 37.3 Å². The number of benzene rings is 1. The molecule has 2 aromatic heterocycles. The summed E-state index contributed by atoms with van der Waals surface area (Å²) in [5, 5.41) is 8.06. The molecule has 0 atom stereocenters. The predicted molar refractivity (Wildman–Crippen MR) is 77.1 cm³/mol. The van der Waals surface area contributed by atoms with Crippen molar-refractivity contribution in [3.8, 4) is 11.3 Å². The molecule has 22 heavy (non-hydrogen) atoms. The third-order valence-corrected chi connectivity index (χ3v) is 3.13. The molecule has 112 valence electrons. The second kappa shape index (κ2) is 5.80. The molecule has 0 aliphatic heterocycles. The van der Waals surface area contributed by atoms with E-state index < -0.39 is 5.97 Å². The second-order valence-electron chi connectivity index (χ2n) is 4.80. The smallest absolute Gasteiger partial charge is 0.377 e. The number of methoxy groups -OCH3 is 1. The molecule has 2 heterocycles. The molecule has 0 radical (unpaired) electrons. The molecular weight excluding hydrogens is 284 g/mol. The Balaban J connectivity index is 1.75. The Morgan fingerprint density at radius 1 is 1.32 bits per heavy atom. The minimum Gasteiger partial charge on any atom is -0.463 e. The molecule has 0 saturated carbocycles. The predicted octanol–water partition coefficient (Wildman–Crippen LogP) is 2.08. The highest BCUT2D eigenvalue weighted by atomic mass is 16.5. The first kappa shape index (κ1) is 14.0. The average molecular weight is 298 g/mol. The van der Waals surface area contributed by atoms with Crippen LogP contribution in [-0.4, -0.2) is 33.0 Å². The molecule has 0 spiro atoms. The molecule has 3 aromatic rings. The molecule has 0 bridgehead atoms. The van der Waals surface area contributed by atoms with E-state index in [0.29, 0.717) is 12.3 Å². The molecule has 0 aliphatic rings. The van der Waals surface area contributed by atoms with E-state index in [4.69, 9.17) is 4.52 Å². The van der Waals surface area contributed by atoms with E-state index in [1.165, 1.54) is 23.7 Å². The lowest BCUT2D eigenvalue weighted by molar-refractivity contribution is 0.0586. The summed E-state index contributed by atoms with van der Waals surface area (Å²) in [6.07, 6.45) is 1.44. The standard InChI is InChI=1S/C15H14N4O3/c1-10-3-5-11(6-4-10)13-7-12(22-18-13)8-19-9-16-14(17-19)15(20)21-2/h3-7,9H,8H2,1-2H3. The van der Waals surface area contributed by atoms with Crippen LogP contribution in [0.15, 0.2) is 41.2 Å². The topological polar surface area (TPSA) is 83.0 Å². The largest absolute Gasteiger partial charge is 0.463 e. The number of rotatable bonds is 4. The van der Waals surface area contributed by atoms with Crippen LogP contribution >= 0.6 is 0 Å². The molecule has 0 N–H and O–H groups in total. The zero-order valence-electron chi connectivity index (χ0n) is 12.2. The minimum absolute atomic E-state index is 0.0146. The minimum atomic E-state index is -0.573. The van der Waals surface area contributed by atoms with Crippen LogP contribution in [0.5, 0.6) is 0 Å². The first-order valence-corrected chi connectivity index (χ1v) is 6.66. The fourth-order valence-corrected chi connectivity index (χ4v) is 1.96. The first-order chi connectivity index (χ1) is 10.7. The summed E-state index contributed by atoms with van der Waals surface area (Å²) in [4.78, 5) is 15.2. The van der Waals surface area contributed by atoms with Gasteiger partial charge in [0.1, 0.15) is 18.6 Å². The van der Waals surface area contributed by atoms with Gasteiger partial charge >= 0.3 is 5.97 Å².